The van der Waals surface area contributed by atoms with Gasteiger partial charge in [0.25, 0.3) is 0 Å². The number of allylic oxidation sites excluding steroid dienone is 9. The van der Waals surface area contributed by atoms with Crippen LogP contribution in [0.4, 0.5) is 0 Å². The van der Waals surface area contributed by atoms with Gasteiger partial charge in [-0.1, -0.05) is 75.0 Å². The SMILES string of the molecule is CC1=C(C)C(C)(C)C(CC(=O)[O-])=C1C.CC1=C(C)C(C)(C)C(CC(=O)[O-])=C1C.CC1=C(C)C(C)(C)C(CC(=O)[O-])=C1C.[Ir+3]. The first-order chi connectivity index (χ1) is 18.8. The molecule has 7 heteroatoms. The summed E-state index contributed by atoms with van der Waals surface area (Å²) in [6.45, 7) is 30.8. The third-order valence-electron chi connectivity index (χ3n) is 10.8. The van der Waals surface area contributed by atoms with E-state index in [4.69, 9.17) is 0 Å². The second kappa shape index (κ2) is 14.5. The van der Waals surface area contributed by atoms with Crippen LogP contribution in [0.3, 0.4) is 0 Å². The zero-order valence-electron chi connectivity index (χ0n) is 28.9. The van der Waals surface area contributed by atoms with Gasteiger partial charge < -0.3 is 29.7 Å². The average molecular weight is 772 g/mol. The predicted molar refractivity (Wildman–Crippen MR) is 163 cm³/mol. The van der Waals surface area contributed by atoms with E-state index < -0.39 is 17.9 Å². The van der Waals surface area contributed by atoms with Gasteiger partial charge in [-0.3, -0.25) is 0 Å². The van der Waals surface area contributed by atoms with Crippen LogP contribution >= 0.6 is 0 Å². The Bertz CT molecular complexity index is 1200. The number of carbonyl (C=O) groups excluding carboxylic acids is 3. The van der Waals surface area contributed by atoms with Crippen molar-refractivity contribution in [1.82, 2.24) is 0 Å². The molecule has 0 unspecified atom stereocenters. The summed E-state index contributed by atoms with van der Waals surface area (Å²) in [5, 5.41) is 31.9. The molecule has 0 aromatic rings. The Hall–Kier alpha value is -2.50. The summed E-state index contributed by atoms with van der Waals surface area (Å²) in [6.07, 6.45) is 0.147. The standard InChI is InChI=1S/3C12H18O2.Ir/c3*1-7-8(2)10(6-11(13)14)12(4,5)9(7)3;/h3*6H2,1-5H3,(H,13,14);/q;;;+3/p-3. The summed E-state index contributed by atoms with van der Waals surface area (Å²) in [4.78, 5) is 31.9. The molecule has 6 nitrogen and oxygen atoms in total. The van der Waals surface area contributed by atoms with Crippen molar-refractivity contribution in [2.75, 3.05) is 0 Å². The Labute approximate surface area is 273 Å². The van der Waals surface area contributed by atoms with Crippen LogP contribution in [0.5, 0.6) is 0 Å². The van der Waals surface area contributed by atoms with E-state index in [2.05, 4.69) is 83.1 Å². The van der Waals surface area contributed by atoms with E-state index in [0.717, 1.165) is 33.4 Å². The Morgan fingerprint density at radius 3 is 0.674 bits per heavy atom. The Morgan fingerprint density at radius 2 is 0.581 bits per heavy atom. The number of rotatable bonds is 6. The van der Waals surface area contributed by atoms with Crippen molar-refractivity contribution in [3.8, 4) is 0 Å². The number of carboxylic acid groups (broad SMARTS) is 3. The first-order valence-electron chi connectivity index (χ1n) is 14.6. The monoisotopic (exact) mass is 772 g/mol. The average Bonchev–Trinajstić information content (AvgIpc) is 3.18. The molecule has 0 heterocycles. The summed E-state index contributed by atoms with van der Waals surface area (Å²) in [7, 11) is 0. The second-order valence-corrected chi connectivity index (χ2v) is 13.6. The second-order valence-electron chi connectivity index (χ2n) is 13.6. The molecule has 3 aliphatic rings. The van der Waals surface area contributed by atoms with Gasteiger partial charge >= 0.3 is 20.1 Å². The van der Waals surface area contributed by atoms with Crippen molar-refractivity contribution in [3.63, 3.8) is 0 Å². The van der Waals surface area contributed by atoms with Crippen molar-refractivity contribution in [3.05, 3.63) is 66.9 Å². The minimum atomic E-state index is -0.991. The molecular weight excluding hydrogens is 721 g/mol. The van der Waals surface area contributed by atoms with Crippen LogP contribution < -0.4 is 15.3 Å². The Kier molecular flexibility index (Phi) is 13.7. The van der Waals surface area contributed by atoms with Gasteiger partial charge in [-0.05, 0) is 95.8 Å². The maximum Gasteiger partial charge on any atom is 3.00 e. The zero-order valence-corrected chi connectivity index (χ0v) is 31.3. The molecule has 0 bridgehead atoms. The summed E-state index contributed by atoms with van der Waals surface area (Å²) < 4.78 is 0. The minimum absolute atomic E-state index is 0. The number of hydrogen-bond acceptors (Lipinski definition) is 6. The van der Waals surface area contributed by atoms with Gasteiger partial charge in [0, 0.05) is 53.4 Å². The maximum atomic E-state index is 10.6. The van der Waals surface area contributed by atoms with Gasteiger partial charge in [-0.25, -0.2) is 0 Å². The van der Waals surface area contributed by atoms with Crippen LogP contribution in [0.2, 0.25) is 0 Å². The fourth-order valence-corrected chi connectivity index (χ4v) is 6.51. The van der Waals surface area contributed by atoms with Gasteiger partial charge in [-0.15, -0.1) is 0 Å². The molecule has 0 aromatic heterocycles. The Balaban J connectivity index is 0.000000608. The molecular formula is C36H51IrO6. The molecule has 0 saturated carbocycles. The fourth-order valence-electron chi connectivity index (χ4n) is 6.51. The van der Waals surface area contributed by atoms with Crippen LogP contribution in [0.25, 0.3) is 0 Å². The molecule has 3 rings (SSSR count). The first-order valence-corrected chi connectivity index (χ1v) is 14.6. The fraction of sp³-hybridized carbons (Fsp3) is 0.583. The van der Waals surface area contributed by atoms with Crippen molar-refractivity contribution in [1.29, 1.82) is 0 Å². The van der Waals surface area contributed by atoms with Gasteiger partial charge in [-0.2, -0.15) is 0 Å². The van der Waals surface area contributed by atoms with Crippen LogP contribution in [0.15, 0.2) is 66.9 Å². The number of carbonyl (C=O) groups is 3. The molecule has 0 radical (unpaired) electrons. The molecule has 0 aromatic carbocycles. The van der Waals surface area contributed by atoms with Crippen molar-refractivity contribution >= 4 is 17.9 Å². The molecule has 0 atom stereocenters. The van der Waals surface area contributed by atoms with E-state index in [9.17, 15) is 29.7 Å². The number of aliphatic carboxylic acids is 3. The summed E-state index contributed by atoms with van der Waals surface area (Å²) in [5.74, 6) is -2.97. The molecule has 0 saturated heterocycles. The van der Waals surface area contributed by atoms with E-state index in [0.29, 0.717) is 0 Å². The van der Waals surface area contributed by atoms with Crippen LogP contribution in [0, 0.1) is 16.2 Å². The van der Waals surface area contributed by atoms with Gasteiger partial charge in [0.1, 0.15) is 0 Å². The maximum absolute atomic E-state index is 10.6. The summed E-state index contributed by atoms with van der Waals surface area (Å²) in [6, 6.07) is 0. The Morgan fingerprint density at radius 1 is 0.419 bits per heavy atom. The summed E-state index contributed by atoms with van der Waals surface area (Å²) in [5.41, 5.74) is 13.5. The molecule has 0 spiro atoms. The largest absolute Gasteiger partial charge is 3.00 e. The van der Waals surface area contributed by atoms with Gasteiger partial charge in [0.05, 0.1) is 0 Å². The number of carboxylic acids is 3. The molecule has 43 heavy (non-hydrogen) atoms. The van der Waals surface area contributed by atoms with Crippen LogP contribution in [-0.4, -0.2) is 17.9 Å². The molecule has 0 N–H and O–H groups in total. The zero-order chi connectivity index (χ0) is 33.3. The third-order valence-corrected chi connectivity index (χ3v) is 10.8. The van der Waals surface area contributed by atoms with Crippen LogP contribution in [-0.2, 0) is 34.5 Å². The minimum Gasteiger partial charge on any atom is -0.550 e. The van der Waals surface area contributed by atoms with Crippen molar-refractivity contribution < 1.29 is 49.8 Å². The number of hydrogen-bond donors (Lipinski definition) is 0. The molecule has 240 valence electrons. The van der Waals surface area contributed by atoms with E-state index in [-0.39, 0.29) is 55.6 Å². The van der Waals surface area contributed by atoms with E-state index >= 15 is 0 Å². The molecule has 0 amide bonds. The van der Waals surface area contributed by atoms with Gasteiger partial charge in [0.2, 0.25) is 0 Å². The van der Waals surface area contributed by atoms with Gasteiger partial charge in [0.15, 0.2) is 0 Å². The first kappa shape index (κ1) is 40.5. The third kappa shape index (κ3) is 8.36. The molecule has 0 fully saturated rings. The molecule has 0 aliphatic heterocycles. The van der Waals surface area contributed by atoms with E-state index in [1.165, 1.54) is 33.4 Å². The van der Waals surface area contributed by atoms with Crippen LogP contribution in [0.1, 0.15) is 123 Å². The summed E-state index contributed by atoms with van der Waals surface area (Å²) >= 11 is 0. The molecule has 3 aliphatic carbocycles. The quantitative estimate of drug-likeness (QED) is 0.354. The predicted octanol–water partition coefficient (Wildman–Crippen LogP) is 5.45. The normalized spacial score (nSPS) is 20.2. The van der Waals surface area contributed by atoms with Crippen molar-refractivity contribution in [2.45, 2.75) is 123 Å². The van der Waals surface area contributed by atoms with E-state index in [1.807, 2.05) is 20.8 Å². The van der Waals surface area contributed by atoms with E-state index in [1.54, 1.807) is 0 Å². The van der Waals surface area contributed by atoms with Crippen molar-refractivity contribution in [2.24, 2.45) is 16.2 Å². The topological polar surface area (TPSA) is 120 Å². The smallest absolute Gasteiger partial charge is 0.550 e.